The number of hydrogen-bond donors (Lipinski definition) is 2. The van der Waals surface area contributed by atoms with Crippen LogP contribution in [-0.4, -0.2) is 20.9 Å². The van der Waals surface area contributed by atoms with Crippen molar-refractivity contribution in [2.24, 2.45) is 0 Å². The van der Waals surface area contributed by atoms with E-state index in [9.17, 15) is 22.0 Å². The van der Waals surface area contributed by atoms with Gasteiger partial charge in [-0.1, -0.05) is 17.7 Å². The van der Waals surface area contributed by atoms with Crippen LogP contribution in [0.15, 0.2) is 41.3 Å². The molecule has 0 aliphatic rings. The number of aryl methyl sites for hydroxylation is 1. The summed E-state index contributed by atoms with van der Waals surface area (Å²) in [6.45, 7) is 1.62. The molecule has 2 aromatic rings. The first kappa shape index (κ1) is 19.3. The zero-order chi connectivity index (χ0) is 18.6. The number of benzene rings is 2. The van der Waals surface area contributed by atoms with Crippen molar-refractivity contribution in [1.29, 1.82) is 0 Å². The van der Waals surface area contributed by atoms with Crippen molar-refractivity contribution >= 4 is 33.2 Å². The fraction of sp³-hybridized carbons (Fsp3) is 0.188. The molecule has 5 nitrogen and oxygen atoms in total. The van der Waals surface area contributed by atoms with Crippen molar-refractivity contribution in [3.63, 3.8) is 0 Å². The molecule has 0 saturated carbocycles. The van der Waals surface area contributed by atoms with Crippen LogP contribution in [0.2, 0.25) is 5.02 Å². The van der Waals surface area contributed by atoms with Gasteiger partial charge in [-0.2, -0.15) is 0 Å². The summed E-state index contributed by atoms with van der Waals surface area (Å²) in [7, 11) is -4.04. The quantitative estimate of drug-likeness (QED) is 0.797. The molecule has 2 rings (SSSR count). The van der Waals surface area contributed by atoms with E-state index in [0.717, 1.165) is 17.7 Å². The number of carbonyl (C=O) groups excluding carboxylic acids is 1. The summed E-state index contributed by atoms with van der Waals surface area (Å²) in [6, 6.07) is 7.23. The fourth-order valence-electron chi connectivity index (χ4n) is 1.92. The topological polar surface area (TPSA) is 75.3 Å². The van der Waals surface area contributed by atoms with Gasteiger partial charge < -0.3 is 5.32 Å². The number of sulfonamides is 1. The molecule has 9 heteroatoms. The van der Waals surface area contributed by atoms with Crippen LogP contribution < -0.4 is 10.0 Å². The van der Waals surface area contributed by atoms with E-state index in [1.54, 1.807) is 18.2 Å². The summed E-state index contributed by atoms with van der Waals surface area (Å²) in [6.07, 6.45) is -0.144. The lowest BCUT2D eigenvalue weighted by atomic mass is 10.2. The van der Waals surface area contributed by atoms with E-state index in [1.807, 2.05) is 6.92 Å². The van der Waals surface area contributed by atoms with Crippen molar-refractivity contribution in [2.45, 2.75) is 18.2 Å². The lowest BCUT2D eigenvalue weighted by Crippen LogP contribution is -2.28. The molecule has 0 aromatic heterocycles. The number of anilines is 1. The van der Waals surface area contributed by atoms with E-state index in [4.69, 9.17) is 11.6 Å². The van der Waals surface area contributed by atoms with Gasteiger partial charge in [0.05, 0.1) is 4.90 Å². The molecule has 2 aromatic carbocycles. The molecule has 0 fully saturated rings. The van der Waals surface area contributed by atoms with Crippen LogP contribution >= 0.6 is 11.6 Å². The number of rotatable bonds is 6. The van der Waals surface area contributed by atoms with E-state index in [0.29, 0.717) is 16.8 Å². The molecule has 0 unspecified atom stereocenters. The van der Waals surface area contributed by atoms with Gasteiger partial charge in [0.2, 0.25) is 15.9 Å². The Hall–Kier alpha value is -2.03. The lowest BCUT2D eigenvalue weighted by molar-refractivity contribution is -0.116. The standard InChI is InChI=1S/C16H15ClF2N2O3S/c1-10-2-3-11(8-13(10)17)21-16(22)6-7-20-25(23,24)12-4-5-14(18)15(19)9-12/h2-5,8-9,20H,6-7H2,1H3,(H,21,22). The molecule has 0 atom stereocenters. The Balaban J connectivity index is 1.91. The van der Waals surface area contributed by atoms with E-state index in [2.05, 4.69) is 10.0 Å². The van der Waals surface area contributed by atoms with E-state index >= 15 is 0 Å². The average Bonchev–Trinajstić information content (AvgIpc) is 2.53. The highest BCUT2D eigenvalue weighted by atomic mass is 35.5. The Morgan fingerprint density at radius 3 is 2.48 bits per heavy atom. The summed E-state index contributed by atoms with van der Waals surface area (Å²) >= 11 is 5.95. The first-order valence-electron chi connectivity index (χ1n) is 7.20. The van der Waals surface area contributed by atoms with Crippen molar-refractivity contribution in [3.05, 3.63) is 58.6 Å². The van der Waals surface area contributed by atoms with Crippen LogP contribution in [0.25, 0.3) is 0 Å². The second-order valence-corrected chi connectivity index (χ2v) is 7.41. The van der Waals surface area contributed by atoms with Gasteiger partial charge in [0.1, 0.15) is 0 Å². The maximum Gasteiger partial charge on any atom is 0.240 e. The molecule has 0 saturated heterocycles. The SMILES string of the molecule is Cc1ccc(NC(=O)CCNS(=O)(=O)c2ccc(F)c(F)c2)cc1Cl. The average molecular weight is 389 g/mol. The molecular weight excluding hydrogens is 374 g/mol. The number of nitrogens with one attached hydrogen (secondary N) is 2. The van der Waals surface area contributed by atoms with Crippen LogP contribution in [0.1, 0.15) is 12.0 Å². The largest absolute Gasteiger partial charge is 0.326 e. The van der Waals surface area contributed by atoms with E-state index < -0.39 is 32.5 Å². The van der Waals surface area contributed by atoms with Gasteiger partial charge in [0.25, 0.3) is 0 Å². The van der Waals surface area contributed by atoms with Gasteiger partial charge in [-0.3, -0.25) is 4.79 Å². The maximum atomic E-state index is 13.1. The highest BCUT2D eigenvalue weighted by molar-refractivity contribution is 7.89. The van der Waals surface area contributed by atoms with Crippen molar-refractivity contribution in [2.75, 3.05) is 11.9 Å². The molecule has 0 spiro atoms. The van der Waals surface area contributed by atoms with Crippen LogP contribution in [0.3, 0.4) is 0 Å². The third kappa shape index (κ3) is 5.22. The summed E-state index contributed by atoms with van der Waals surface area (Å²) in [5, 5.41) is 3.08. The predicted octanol–water partition coefficient (Wildman–Crippen LogP) is 3.23. The van der Waals surface area contributed by atoms with Crippen LogP contribution in [-0.2, 0) is 14.8 Å². The lowest BCUT2D eigenvalue weighted by Gasteiger charge is -2.09. The number of halogens is 3. The molecule has 0 heterocycles. The molecule has 0 radical (unpaired) electrons. The highest BCUT2D eigenvalue weighted by Gasteiger charge is 2.16. The Kier molecular flexibility index (Phi) is 6.10. The van der Waals surface area contributed by atoms with Gasteiger partial charge in [-0.15, -0.1) is 0 Å². The second-order valence-electron chi connectivity index (χ2n) is 5.24. The van der Waals surface area contributed by atoms with Crippen LogP contribution in [0, 0.1) is 18.6 Å². The summed E-state index contributed by atoms with van der Waals surface area (Å²) in [5.41, 5.74) is 1.35. The smallest absolute Gasteiger partial charge is 0.240 e. The molecule has 1 amide bonds. The molecule has 25 heavy (non-hydrogen) atoms. The predicted molar refractivity (Wildman–Crippen MR) is 91.0 cm³/mol. The van der Waals surface area contributed by atoms with E-state index in [1.165, 1.54) is 0 Å². The van der Waals surface area contributed by atoms with Crippen LogP contribution in [0.5, 0.6) is 0 Å². The second kappa shape index (κ2) is 7.90. The normalized spacial score (nSPS) is 11.4. The number of hydrogen-bond acceptors (Lipinski definition) is 3. The monoisotopic (exact) mass is 388 g/mol. The van der Waals surface area contributed by atoms with Gasteiger partial charge in [0, 0.05) is 23.7 Å². The highest BCUT2D eigenvalue weighted by Crippen LogP contribution is 2.20. The molecule has 2 N–H and O–H groups in total. The fourth-order valence-corrected chi connectivity index (χ4v) is 3.14. The van der Waals surface area contributed by atoms with Crippen molar-refractivity contribution in [1.82, 2.24) is 4.72 Å². The van der Waals surface area contributed by atoms with Crippen molar-refractivity contribution in [3.8, 4) is 0 Å². The van der Waals surface area contributed by atoms with Gasteiger partial charge in [0.15, 0.2) is 11.6 Å². The van der Waals surface area contributed by atoms with Gasteiger partial charge in [-0.25, -0.2) is 21.9 Å². The minimum atomic E-state index is -4.04. The first-order chi connectivity index (χ1) is 11.7. The summed E-state index contributed by atoms with van der Waals surface area (Å²) < 4.78 is 52.1. The molecular formula is C16H15ClF2N2O3S. The summed E-state index contributed by atoms with van der Waals surface area (Å²) in [4.78, 5) is 11.4. The van der Waals surface area contributed by atoms with Gasteiger partial charge in [-0.05, 0) is 42.8 Å². The Labute approximate surface area is 149 Å². The van der Waals surface area contributed by atoms with Gasteiger partial charge >= 0.3 is 0 Å². The Bertz CT molecular complexity index is 904. The Morgan fingerprint density at radius 2 is 1.84 bits per heavy atom. The third-order valence-electron chi connectivity index (χ3n) is 3.30. The first-order valence-corrected chi connectivity index (χ1v) is 9.06. The molecule has 0 aliphatic heterocycles. The minimum Gasteiger partial charge on any atom is -0.326 e. The number of amides is 1. The number of carbonyl (C=O) groups is 1. The molecule has 0 aliphatic carbocycles. The zero-order valence-electron chi connectivity index (χ0n) is 13.1. The Morgan fingerprint density at radius 1 is 1.12 bits per heavy atom. The van der Waals surface area contributed by atoms with Crippen molar-refractivity contribution < 1.29 is 22.0 Å². The van der Waals surface area contributed by atoms with E-state index in [-0.39, 0.29) is 13.0 Å². The maximum absolute atomic E-state index is 13.1. The minimum absolute atomic E-state index is 0.144. The van der Waals surface area contributed by atoms with Crippen LogP contribution in [0.4, 0.5) is 14.5 Å². The molecule has 134 valence electrons. The zero-order valence-corrected chi connectivity index (χ0v) is 14.7. The third-order valence-corrected chi connectivity index (χ3v) is 5.17. The molecule has 0 bridgehead atoms. The summed E-state index contributed by atoms with van der Waals surface area (Å²) in [5.74, 6) is -2.83.